The number of carbonyl (C=O) groups excluding carboxylic acids is 1. The molecule has 1 aromatic heterocycles. The highest BCUT2D eigenvalue weighted by atomic mass is 35.5. The van der Waals surface area contributed by atoms with Crippen LogP contribution >= 0.6 is 24.8 Å². The molecule has 190 valence electrons. The molecule has 0 spiro atoms. The molecule has 35 heavy (non-hydrogen) atoms. The van der Waals surface area contributed by atoms with Crippen LogP contribution in [0.25, 0.3) is 0 Å². The second kappa shape index (κ2) is 15.1. The van der Waals surface area contributed by atoms with Crippen LogP contribution in [0.3, 0.4) is 0 Å². The van der Waals surface area contributed by atoms with E-state index in [4.69, 9.17) is 15.2 Å². The van der Waals surface area contributed by atoms with Gasteiger partial charge in [0.05, 0.1) is 6.61 Å². The monoisotopic (exact) mass is 527 g/mol. The van der Waals surface area contributed by atoms with E-state index < -0.39 is 31.0 Å². The van der Waals surface area contributed by atoms with Gasteiger partial charge in [-0.25, -0.2) is 9.37 Å². The summed E-state index contributed by atoms with van der Waals surface area (Å²) in [4.78, 5) is 15.6. The van der Waals surface area contributed by atoms with Gasteiger partial charge in [0.2, 0.25) is 5.88 Å². The number of aliphatic hydroxyl groups is 2. The largest absolute Gasteiger partial charge is 0.472 e. The smallest absolute Gasteiger partial charge is 0.254 e. The molecule has 1 amide bonds. The maximum Gasteiger partial charge on any atom is 0.254 e. The number of aliphatic hydroxyl groups excluding tert-OH is 2. The van der Waals surface area contributed by atoms with Gasteiger partial charge in [0, 0.05) is 12.2 Å². The van der Waals surface area contributed by atoms with Crippen LogP contribution < -0.4 is 20.5 Å². The van der Waals surface area contributed by atoms with Gasteiger partial charge in [0.25, 0.3) is 5.91 Å². The summed E-state index contributed by atoms with van der Waals surface area (Å²) in [5.74, 6) is 0.375. The van der Waals surface area contributed by atoms with Gasteiger partial charge in [-0.1, -0.05) is 30.3 Å². The molecule has 3 rings (SSSR count). The van der Waals surface area contributed by atoms with Crippen LogP contribution in [0.15, 0.2) is 72.9 Å². The molecule has 0 bridgehead atoms. The van der Waals surface area contributed by atoms with Crippen LogP contribution in [0.2, 0.25) is 0 Å². The first-order valence-electron chi connectivity index (χ1n) is 10.3. The Bertz CT molecular complexity index is 1030. The lowest BCUT2D eigenvalue weighted by atomic mass is 10.1. The summed E-state index contributed by atoms with van der Waals surface area (Å²) in [5.41, 5.74) is 6.36. The number of carbonyl (C=O) groups is 1. The Labute approximate surface area is 215 Å². The first-order chi connectivity index (χ1) is 16.0. The number of aromatic nitrogens is 1. The van der Waals surface area contributed by atoms with E-state index in [9.17, 15) is 19.4 Å². The maximum atomic E-state index is 13.1. The molecule has 1 heterocycles. The summed E-state index contributed by atoms with van der Waals surface area (Å²) < 4.78 is 24.5. The molecule has 5 N–H and O–H groups in total. The van der Waals surface area contributed by atoms with E-state index >= 15 is 0 Å². The minimum atomic E-state index is -1.41. The predicted octanol–water partition coefficient (Wildman–Crippen LogP) is 3.04. The minimum Gasteiger partial charge on any atom is -0.472 e. The van der Waals surface area contributed by atoms with Crippen LogP contribution in [-0.2, 0) is 6.42 Å². The van der Waals surface area contributed by atoms with Gasteiger partial charge in [-0.2, -0.15) is 0 Å². The number of alkyl halides is 1. The number of benzene rings is 2. The Morgan fingerprint density at radius 2 is 1.71 bits per heavy atom. The first-order valence-corrected chi connectivity index (χ1v) is 10.3. The number of rotatable bonds is 12. The molecular formula is C24H28Cl2FN3O5. The van der Waals surface area contributed by atoms with Gasteiger partial charge in [0.15, 0.2) is 6.23 Å². The zero-order valence-electron chi connectivity index (χ0n) is 18.6. The second-order valence-corrected chi connectivity index (χ2v) is 7.29. The van der Waals surface area contributed by atoms with Gasteiger partial charge < -0.3 is 25.4 Å². The van der Waals surface area contributed by atoms with E-state index in [1.165, 1.54) is 12.3 Å². The number of amides is 1. The van der Waals surface area contributed by atoms with Crippen molar-refractivity contribution in [2.24, 2.45) is 5.73 Å². The van der Waals surface area contributed by atoms with Gasteiger partial charge in [-0.3, -0.25) is 10.1 Å². The quantitative estimate of drug-likeness (QED) is 0.266. The molecule has 0 radical (unpaired) electrons. The van der Waals surface area contributed by atoms with Gasteiger partial charge in [-0.05, 0) is 48.4 Å². The number of ether oxygens (including phenoxy) is 2. The van der Waals surface area contributed by atoms with Crippen LogP contribution in [0.5, 0.6) is 17.4 Å². The van der Waals surface area contributed by atoms with Crippen molar-refractivity contribution in [1.82, 2.24) is 10.3 Å². The molecule has 1 unspecified atom stereocenters. The molecule has 0 aliphatic carbocycles. The Hall–Kier alpha value is -2.95. The summed E-state index contributed by atoms with van der Waals surface area (Å²) >= 11 is 0. The molecule has 8 nitrogen and oxygen atoms in total. The molecule has 0 fully saturated rings. The van der Waals surface area contributed by atoms with E-state index in [1.807, 2.05) is 6.07 Å². The van der Waals surface area contributed by atoms with Crippen molar-refractivity contribution in [2.75, 3.05) is 13.3 Å². The number of hydrogen-bond acceptors (Lipinski definition) is 7. The Morgan fingerprint density at radius 3 is 2.31 bits per heavy atom. The minimum absolute atomic E-state index is 0. The summed E-state index contributed by atoms with van der Waals surface area (Å²) in [6.45, 7) is -1.27. The van der Waals surface area contributed by atoms with Crippen LogP contribution in [0, 0.1) is 0 Å². The van der Waals surface area contributed by atoms with E-state index in [0.29, 0.717) is 17.9 Å². The van der Waals surface area contributed by atoms with Crippen LogP contribution in [-0.4, -0.2) is 52.8 Å². The number of nitrogens with two attached hydrogens (primary N) is 1. The SMILES string of the molecule is Cl.Cl.NC(=O)c1cccnc1Oc1ccc(C[C@@H](CO)NC(Oc2ccccc2)[C@H](O)CF)cc1. The van der Waals surface area contributed by atoms with Gasteiger partial charge in [0.1, 0.15) is 29.8 Å². The summed E-state index contributed by atoms with van der Waals surface area (Å²) in [6.07, 6.45) is -0.588. The topological polar surface area (TPSA) is 127 Å². The van der Waals surface area contributed by atoms with E-state index in [0.717, 1.165) is 5.56 Å². The fourth-order valence-corrected chi connectivity index (χ4v) is 3.11. The molecule has 3 aromatic rings. The van der Waals surface area contributed by atoms with Crippen molar-refractivity contribution in [3.05, 3.63) is 84.1 Å². The lowest BCUT2D eigenvalue weighted by Crippen LogP contribution is -2.51. The number of pyridine rings is 1. The third kappa shape index (κ3) is 8.97. The lowest BCUT2D eigenvalue weighted by molar-refractivity contribution is -0.00874. The zero-order chi connectivity index (χ0) is 23.6. The second-order valence-electron chi connectivity index (χ2n) is 7.29. The highest BCUT2D eigenvalue weighted by Gasteiger charge is 2.24. The molecule has 0 aliphatic rings. The predicted molar refractivity (Wildman–Crippen MR) is 134 cm³/mol. The molecule has 11 heteroatoms. The third-order valence-corrected chi connectivity index (χ3v) is 4.79. The molecule has 0 saturated carbocycles. The summed E-state index contributed by atoms with van der Waals surface area (Å²) in [6, 6.07) is 18.3. The van der Waals surface area contributed by atoms with Crippen molar-refractivity contribution >= 4 is 30.7 Å². The maximum absolute atomic E-state index is 13.1. The number of nitrogens with zero attached hydrogens (tertiary/aromatic N) is 1. The van der Waals surface area contributed by atoms with Crippen molar-refractivity contribution in [3.8, 4) is 17.4 Å². The molecule has 2 aromatic carbocycles. The highest BCUT2D eigenvalue weighted by molar-refractivity contribution is 5.95. The van der Waals surface area contributed by atoms with Crippen LogP contribution in [0.1, 0.15) is 15.9 Å². The van der Waals surface area contributed by atoms with Gasteiger partial charge in [-0.15, -0.1) is 24.8 Å². The van der Waals surface area contributed by atoms with E-state index in [2.05, 4.69) is 10.3 Å². The number of halogens is 3. The average Bonchev–Trinajstić information content (AvgIpc) is 2.84. The van der Waals surface area contributed by atoms with Gasteiger partial charge >= 0.3 is 0 Å². The van der Waals surface area contributed by atoms with Crippen molar-refractivity contribution in [3.63, 3.8) is 0 Å². The van der Waals surface area contributed by atoms with Crippen molar-refractivity contribution < 1.29 is 28.9 Å². The number of primary amides is 1. The Kier molecular flexibility index (Phi) is 13.0. The average molecular weight is 528 g/mol. The standard InChI is InChI=1S/C24H26FN3O5.2ClH/c25-14-21(30)24(33-18-5-2-1-3-6-18)28-17(15-29)13-16-8-10-19(11-9-16)32-23-20(22(26)31)7-4-12-27-23;;/h1-12,17,21,24,28-30H,13-15H2,(H2,26,31);2*1H/t17-,21+,24?;;/m0../s1. The normalized spacial score (nSPS) is 12.9. The van der Waals surface area contributed by atoms with Crippen molar-refractivity contribution in [1.29, 1.82) is 0 Å². The zero-order valence-corrected chi connectivity index (χ0v) is 20.3. The van der Waals surface area contributed by atoms with Crippen LogP contribution in [0.4, 0.5) is 4.39 Å². The number of para-hydroxylation sites is 1. The molecule has 3 atom stereocenters. The Morgan fingerprint density at radius 1 is 1.03 bits per heavy atom. The molecule has 0 aliphatic heterocycles. The highest BCUT2D eigenvalue weighted by Crippen LogP contribution is 2.23. The lowest BCUT2D eigenvalue weighted by Gasteiger charge is -2.28. The summed E-state index contributed by atoms with van der Waals surface area (Å²) in [7, 11) is 0. The first kappa shape index (κ1) is 30.1. The number of nitrogens with one attached hydrogen (secondary N) is 1. The van der Waals surface area contributed by atoms with E-state index in [1.54, 1.807) is 54.6 Å². The summed E-state index contributed by atoms with van der Waals surface area (Å²) in [5, 5.41) is 22.8. The third-order valence-electron chi connectivity index (χ3n) is 4.79. The van der Waals surface area contributed by atoms with Crippen molar-refractivity contribution in [2.45, 2.75) is 24.8 Å². The fourth-order valence-electron chi connectivity index (χ4n) is 3.11. The Balaban J connectivity index is 0.00000306. The molecule has 0 saturated heterocycles. The fraction of sp³-hybridized carbons (Fsp3) is 0.250. The molecular weight excluding hydrogens is 500 g/mol. The number of hydrogen-bond donors (Lipinski definition) is 4. The van der Waals surface area contributed by atoms with E-state index in [-0.39, 0.29) is 42.9 Å².